The first-order chi connectivity index (χ1) is 13.9. The number of rotatable bonds is 7. The molecule has 1 saturated heterocycles. The molecule has 1 heterocycles. The van der Waals surface area contributed by atoms with Gasteiger partial charge in [-0.15, -0.1) is 0 Å². The summed E-state index contributed by atoms with van der Waals surface area (Å²) in [4.78, 5) is 12.3. The van der Waals surface area contributed by atoms with Crippen molar-refractivity contribution in [3.63, 3.8) is 0 Å². The Morgan fingerprint density at radius 2 is 1.93 bits per heavy atom. The van der Waals surface area contributed by atoms with Crippen LogP contribution in [0, 0.1) is 0 Å². The molecule has 156 valence electrons. The average Bonchev–Trinajstić information content (AvgIpc) is 2.73. The lowest BCUT2D eigenvalue weighted by molar-refractivity contribution is -0.118. The number of para-hydroxylation sites is 1. The molecule has 1 amide bonds. The molecule has 0 bridgehead atoms. The lowest BCUT2D eigenvalue weighted by atomic mass is 10.1. The molecule has 2 aromatic carbocycles. The second kappa shape index (κ2) is 9.58. The summed E-state index contributed by atoms with van der Waals surface area (Å²) in [6, 6.07) is 11.8. The standard InChI is InChI=1S/C20H23ClN2O5S/c1-2-15-5-3-4-6-18(15)22-20(24)14-28-19-8-7-16(13-17(19)21)29(25,26)23-9-11-27-12-10-23/h3-8,13H,2,9-12,14H2,1H3,(H,22,24). The van der Waals surface area contributed by atoms with Gasteiger partial charge in [-0.2, -0.15) is 4.31 Å². The summed E-state index contributed by atoms with van der Waals surface area (Å²) >= 11 is 6.20. The minimum Gasteiger partial charge on any atom is -0.482 e. The van der Waals surface area contributed by atoms with Gasteiger partial charge in [0.25, 0.3) is 5.91 Å². The van der Waals surface area contributed by atoms with Gasteiger partial charge in [0.2, 0.25) is 10.0 Å². The first kappa shape index (κ1) is 21.6. The fraction of sp³-hybridized carbons (Fsp3) is 0.350. The molecule has 0 spiro atoms. The number of nitrogens with zero attached hydrogens (tertiary/aromatic N) is 1. The number of ether oxygens (including phenoxy) is 2. The van der Waals surface area contributed by atoms with Crippen LogP contribution < -0.4 is 10.1 Å². The fourth-order valence-electron chi connectivity index (χ4n) is 2.98. The SMILES string of the molecule is CCc1ccccc1NC(=O)COc1ccc(S(=O)(=O)N2CCOCC2)cc1Cl. The molecule has 0 atom stereocenters. The van der Waals surface area contributed by atoms with Gasteiger partial charge < -0.3 is 14.8 Å². The van der Waals surface area contributed by atoms with E-state index in [4.69, 9.17) is 21.1 Å². The number of nitrogens with one attached hydrogen (secondary N) is 1. The van der Waals surface area contributed by atoms with Crippen molar-refractivity contribution in [2.45, 2.75) is 18.2 Å². The van der Waals surface area contributed by atoms with E-state index in [0.29, 0.717) is 26.3 Å². The van der Waals surface area contributed by atoms with Gasteiger partial charge in [0.15, 0.2) is 6.61 Å². The Morgan fingerprint density at radius 3 is 2.62 bits per heavy atom. The smallest absolute Gasteiger partial charge is 0.262 e. The quantitative estimate of drug-likeness (QED) is 0.718. The second-order valence-electron chi connectivity index (χ2n) is 6.46. The number of hydrogen-bond donors (Lipinski definition) is 1. The number of hydrogen-bond acceptors (Lipinski definition) is 5. The van der Waals surface area contributed by atoms with E-state index in [1.54, 1.807) is 0 Å². The number of carbonyl (C=O) groups is 1. The van der Waals surface area contributed by atoms with E-state index in [1.807, 2.05) is 31.2 Å². The number of halogens is 1. The van der Waals surface area contributed by atoms with Crippen LogP contribution in [0.25, 0.3) is 0 Å². The van der Waals surface area contributed by atoms with Gasteiger partial charge in [-0.1, -0.05) is 36.7 Å². The third-order valence-electron chi connectivity index (χ3n) is 4.54. The summed E-state index contributed by atoms with van der Waals surface area (Å²) in [5.74, 6) is -0.0847. The van der Waals surface area contributed by atoms with Crippen LogP contribution in [0.5, 0.6) is 5.75 Å². The average molecular weight is 439 g/mol. The second-order valence-corrected chi connectivity index (χ2v) is 8.80. The molecule has 0 unspecified atom stereocenters. The molecule has 2 aromatic rings. The molecule has 1 aliphatic heterocycles. The van der Waals surface area contributed by atoms with E-state index >= 15 is 0 Å². The Morgan fingerprint density at radius 1 is 1.21 bits per heavy atom. The van der Waals surface area contributed by atoms with Crippen molar-refractivity contribution in [1.82, 2.24) is 4.31 Å². The predicted octanol–water partition coefficient (Wildman–Crippen LogP) is 2.94. The van der Waals surface area contributed by atoms with E-state index in [9.17, 15) is 13.2 Å². The summed E-state index contributed by atoms with van der Waals surface area (Å²) in [5.41, 5.74) is 1.76. The van der Waals surface area contributed by atoms with E-state index < -0.39 is 10.0 Å². The van der Waals surface area contributed by atoms with Crippen LogP contribution in [0.3, 0.4) is 0 Å². The van der Waals surface area contributed by atoms with Gasteiger partial charge >= 0.3 is 0 Å². The van der Waals surface area contributed by atoms with Crippen molar-refractivity contribution in [2.24, 2.45) is 0 Å². The van der Waals surface area contributed by atoms with Gasteiger partial charge in [0, 0.05) is 18.8 Å². The zero-order valence-corrected chi connectivity index (χ0v) is 17.6. The minimum absolute atomic E-state index is 0.0816. The van der Waals surface area contributed by atoms with Crippen molar-refractivity contribution >= 4 is 33.2 Å². The molecule has 29 heavy (non-hydrogen) atoms. The van der Waals surface area contributed by atoms with Gasteiger partial charge in [0.1, 0.15) is 5.75 Å². The van der Waals surface area contributed by atoms with Gasteiger partial charge in [-0.3, -0.25) is 4.79 Å². The van der Waals surface area contributed by atoms with Crippen LogP contribution in [0.4, 0.5) is 5.69 Å². The monoisotopic (exact) mass is 438 g/mol. The number of morpholine rings is 1. The largest absolute Gasteiger partial charge is 0.482 e. The van der Waals surface area contributed by atoms with Gasteiger partial charge in [-0.05, 0) is 36.2 Å². The van der Waals surface area contributed by atoms with E-state index in [1.165, 1.54) is 22.5 Å². The third-order valence-corrected chi connectivity index (χ3v) is 6.73. The molecule has 1 aliphatic rings. The molecule has 1 N–H and O–H groups in total. The van der Waals surface area contributed by atoms with Crippen LogP contribution in [0.1, 0.15) is 12.5 Å². The summed E-state index contributed by atoms with van der Waals surface area (Å²) < 4.78 is 37.4. The summed E-state index contributed by atoms with van der Waals surface area (Å²) in [7, 11) is -3.65. The van der Waals surface area contributed by atoms with E-state index in [0.717, 1.165) is 17.7 Å². The highest BCUT2D eigenvalue weighted by molar-refractivity contribution is 7.89. The highest BCUT2D eigenvalue weighted by atomic mass is 35.5. The number of carbonyl (C=O) groups excluding carboxylic acids is 1. The third kappa shape index (κ3) is 5.27. The van der Waals surface area contributed by atoms with Crippen molar-refractivity contribution in [1.29, 1.82) is 0 Å². The van der Waals surface area contributed by atoms with E-state index in [-0.39, 0.29) is 28.2 Å². The Hall–Kier alpha value is -2.13. The van der Waals surface area contributed by atoms with Crippen molar-refractivity contribution in [3.8, 4) is 5.75 Å². The summed E-state index contributed by atoms with van der Waals surface area (Å²) in [5, 5.41) is 2.93. The highest BCUT2D eigenvalue weighted by Crippen LogP contribution is 2.29. The molecule has 7 nitrogen and oxygen atoms in total. The van der Waals surface area contributed by atoms with Crippen LogP contribution >= 0.6 is 11.6 Å². The number of aryl methyl sites for hydroxylation is 1. The number of amides is 1. The molecule has 0 saturated carbocycles. The Kier molecular flexibility index (Phi) is 7.13. The zero-order valence-electron chi connectivity index (χ0n) is 16.1. The molecule has 0 aromatic heterocycles. The first-order valence-electron chi connectivity index (χ1n) is 9.30. The topological polar surface area (TPSA) is 84.9 Å². The first-order valence-corrected chi connectivity index (χ1v) is 11.1. The highest BCUT2D eigenvalue weighted by Gasteiger charge is 2.27. The van der Waals surface area contributed by atoms with Gasteiger partial charge in [0.05, 0.1) is 23.1 Å². The Labute approximate surface area is 175 Å². The maximum absolute atomic E-state index is 12.7. The van der Waals surface area contributed by atoms with Gasteiger partial charge in [-0.25, -0.2) is 8.42 Å². The van der Waals surface area contributed by atoms with Crippen LogP contribution in [-0.4, -0.2) is 51.5 Å². The number of anilines is 1. The molecular weight excluding hydrogens is 416 g/mol. The molecule has 0 aliphatic carbocycles. The number of benzene rings is 2. The van der Waals surface area contributed by atoms with Crippen LogP contribution in [0.15, 0.2) is 47.4 Å². The lowest BCUT2D eigenvalue weighted by Crippen LogP contribution is -2.40. The number of sulfonamides is 1. The summed E-state index contributed by atoms with van der Waals surface area (Å²) in [6.45, 7) is 3.10. The zero-order chi connectivity index (χ0) is 20.9. The molecule has 9 heteroatoms. The lowest BCUT2D eigenvalue weighted by Gasteiger charge is -2.26. The maximum Gasteiger partial charge on any atom is 0.262 e. The van der Waals surface area contributed by atoms with Crippen LogP contribution in [0.2, 0.25) is 5.02 Å². The molecule has 0 radical (unpaired) electrons. The minimum atomic E-state index is -3.65. The molecule has 3 rings (SSSR count). The van der Waals surface area contributed by atoms with Crippen molar-refractivity contribution in [2.75, 3.05) is 38.2 Å². The Bertz CT molecular complexity index is 975. The van der Waals surface area contributed by atoms with E-state index in [2.05, 4.69) is 5.32 Å². The summed E-state index contributed by atoms with van der Waals surface area (Å²) in [6.07, 6.45) is 0.794. The normalized spacial score (nSPS) is 15.1. The van der Waals surface area contributed by atoms with Crippen LogP contribution in [-0.2, 0) is 26.0 Å². The predicted molar refractivity (Wildman–Crippen MR) is 111 cm³/mol. The van der Waals surface area contributed by atoms with Crippen molar-refractivity contribution < 1.29 is 22.7 Å². The van der Waals surface area contributed by atoms with Crippen molar-refractivity contribution in [3.05, 3.63) is 53.1 Å². The molecular formula is C20H23ClN2O5S. The fourth-order valence-corrected chi connectivity index (χ4v) is 4.71. The Balaban J connectivity index is 1.64. The molecule has 1 fully saturated rings. The maximum atomic E-state index is 12.7.